The standard InChI is InChI=1S/C44H42O12/c1-2-39(46)51-26-6-4-3-5-25-50-35-21-15-32(16-22-35)42(47)54-36-23-17-33(18-24-36)44(49)56-38-28-53-40-37(27-52-41(38)40)55-43(48)31-13-9-29(10-14-31)7-8-30-11-19-34(45)20-12-30/h2,7-24,37-38,40-41,45H,1,3-6,25-28H2/b8-7+/t37-,38?,40+,41+/m0/s1. The Bertz CT molecular complexity index is 1990. The van der Waals surface area contributed by atoms with Gasteiger partial charge in [-0.1, -0.05) is 43.0 Å². The molecule has 0 aliphatic carbocycles. The Kier molecular flexibility index (Phi) is 13.7. The molecule has 1 N–H and O–H groups in total. The predicted octanol–water partition coefficient (Wildman–Crippen LogP) is 7.00. The zero-order valence-electron chi connectivity index (χ0n) is 30.6. The van der Waals surface area contributed by atoms with Gasteiger partial charge in [0.05, 0.1) is 43.1 Å². The van der Waals surface area contributed by atoms with Crippen LogP contribution in [0.4, 0.5) is 0 Å². The molecule has 2 heterocycles. The van der Waals surface area contributed by atoms with E-state index in [-0.39, 0.29) is 30.3 Å². The Morgan fingerprint density at radius 2 is 1.07 bits per heavy atom. The van der Waals surface area contributed by atoms with Crippen molar-refractivity contribution in [1.82, 2.24) is 0 Å². The summed E-state index contributed by atoms with van der Waals surface area (Å²) in [4.78, 5) is 49.7. The van der Waals surface area contributed by atoms with Crippen molar-refractivity contribution in [3.63, 3.8) is 0 Å². The zero-order valence-corrected chi connectivity index (χ0v) is 30.6. The third-order valence-electron chi connectivity index (χ3n) is 9.10. The van der Waals surface area contributed by atoms with Crippen LogP contribution in [0.25, 0.3) is 12.2 Å². The van der Waals surface area contributed by atoms with Gasteiger partial charge in [0, 0.05) is 6.08 Å². The van der Waals surface area contributed by atoms with Crippen molar-refractivity contribution in [2.45, 2.75) is 50.1 Å². The van der Waals surface area contributed by atoms with Gasteiger partial charge >= 0.3 is 23.9 Å². The van der Waals surface area contributed by atoms with Gasteiger partial charge in [-0.05, 0) is 110 Å². The molecule has 2 fully saturated rings. The molecular formula is C44H42O12. The van der Waals surface area contributed by atoms with Gasteiger partial charge in [-0.25, -0.2) is 19.2 Å². The molecule has 0 spiro atoms. The van der Waals surface area contributed by atoms with Crippen molar-refractivity contribution in [2.24, 2.45) is 0 Å². The van der Waals surface area contributed by atoms with Gasteiger partial charge in [0.2, 0.25) is 0 Å². The molecule has 12 nitrogen and oxygen atoms in total. The van der Waals surface area contributed by atoms with Gasteiger partial charge < -0.3 is 38.3 Å². The Labute approximate surface area is 324 Å². The molecule has 2 aliphatic heterocycles. The smallest absolute Gasteiger partial charge is 0.343 e. The van der Waals surface area contributed by atoms with Crippen molar-refractivity contribution in [3.8, 4) is 17.2 Å². The lowest BCUT2D eigenvalue weighted by Crippen LogP contribution is -2.36. The van der Waals surface area contributed by atoms with E-state index in [4.69, 9.17) is 33.2 Å². The minimum absolute atomic E-state index is 0.0767. The van der Waals surface area contributed by atoms with Crippen LogP contribution < -0.4 is 9.47 Å². The molecule has 0 bridgehead atoms. The molecule has 4 atom stereocenters. The second kappa shape index (κ2) is 19.4. The van der Waals surface area contributed by atoms with E-state index in [2.05, 4.69) is 6.58 Å². The highest BCUT2D eigenvalue weighted by Crippen LogP contribution is 2.32. The third-order valence-corrected chi connectivity index (χ3v) is 9.10. The molecule has 0 radical (unpaired) electrons. The van der Waals surface area contributed by atoms with Crippen molar-refractivity contribution >= 4 is 36.0 Å². The number of hydrogen-bond acceptors (Lipinski definition) is 12. The van der Waals surface area contributed by atoms with Crippen LogP contribution in [0.1, 0.15) is 67.9 Å². The fraction of sp³-hybridized carbons (Fsp3) is 0.273. The minimum atomic E-state index is -0.708. The number of esters is 4. The fourth-order valence-corrected chi connectivity index (χ4v) is 6.04. The molecule has 0 amide bonds. The van der Waals surface area contributed by atoms with E-state index in [1.54, 1.807) is 72.8 Å². The number of phenols is 1. The van der Waals surface area contributed by atoms with Crippen LogP contribution in [0, 0.1) is 0 Å². The number of carbonyl (C=O) groups excluding carboxylic acids is 4. The summed E-state index contributed by atoms with van der Waals surface area (Å²) >= 11 is 0. The monoisotopic (exact) mass is 762 g/mol. The topological polar surface area (TPSA) is 153 Å². The summed E-state index contributed by atoms with van der Waals surface area (Å²) in [5, 5.41) is 9.44. The molecule has 4 aromatic carbocycles. The van der Waals surface area contributed by atoms with E-state index in [1.165, 1.54) is 24.3 Å². The fourth-order valence-electron chi connectivity index (χ4n) is 6.04. The van der Waals surface area contributed by atoms with Gasteiger partial charge in [0.25, 0.3) is 0 Å². The first kappa shape index (κ1) is 39.5. The Morgan fingerprint density at radius 3 is 1.61 bits per heavy atom. The molecule has 0 aromatic heterocycles. The maximum atomic E-state index is 13.0. The third kappa shape index (κ3) is 10.9. The molecule has 4 aromatic rings. The van der Waals surface area contributed by atoms with E-state index >= 15 is 0 Å². The van der Waals surface area contributed by atoms with E-state index in [0.29, 0.717) is 30.1 Å². The number of carbonyl (C=O) groups is 4. The average Bonchev–Trinajstić information content (AvgIpc) is 3.81. The van der Waals surface area contributed by atoms with Crippen molar-refractivity contribution in [1.29, 1.82) is 0 Å². The highest BCUT2D eigenvalue weighted by Gasteiger charge is 2.51. The molecule has 6 rings (SSSR count). The van der Waals surface area contributed by atoms with E-state index < -0.39 is 48.3 Å². The Balaban J connectivity index is 0.902. The largest absolute Gasteiger partial charge is 0.508 e. The molecular weight excluding hydrogens is 720 g/mol. The molecule has 0 saturated carbocycles. The lowest BCUT2D eigenvalue weighted by molar-refractivity contribution is -0.137. The summed E-state index contributed by atoms with van der Waals surface area (Å²) in [5.74, 6) is -1.04. The number of unbranched alkanes of at least 4 members (excludes halogenated alkanes) is 3. The van der Waals surface area contributed by atoms with Gasteiger partial charge in [0.1, 0.15) is 29.5 Å². The summed E-state index contributed by atoms with van der Waals surface area (Å²) in [5.41, 5.74) is 2.76. The zero-order chi connectivity index (χ0) is 39.3. The highest BCUT2D eigenvalue weighted by molar-refractivity contribution is 5.92. The average molecular weight is 763 g/mol. The van der Waals surface area contributed by atoms with Crippen molar-refractivity contribution in [2.75, 3.05) is 26.4 Å². The van der Waals surface area contributed by atoms with Crippen LogP contribution in [0.2, 0.25) is 0 Å². The SMILES string of the molecule is C=CC(=O)OCCCCCCOc1ccc(C(=O)Oc2ccc(C(=O)OC3CO[C@@H]4[C@@H](OC(=O)c5ccc(/C=C/c6ccc(O)cc6)cc5)CO[C@H]34)cc2)cc1. The van der Waals surface area contributed by atoms with Gasteiger partial charge in [-0.3, -0.25) is 0 Å². The molecule has 56 heavy (non-hydrogen) atoms. The van der Waals surface area contributed by atoms with Crippen LogP contribution in [0.3, 0.4) is 0 Å². The van der Waals surface area contributed by atoms with Crippen LogP contribution in [0.15, 0.2) is 110 Å². The molecule has 2 saturated heterocycles. The molecule has 290 valence electrons. The summed E-state index contributed by atoms with van der Waals surface area (Å²) < 4.78 is 39.3. The second-order valence-electron chi connectivity index (χ2n) is 13.1. The molecule has 1 unspecified atom stereocenters. The van der Waals surface area contributed by atoms with E-state index in [0.717, 1.165) is 42.9 Å². The highest BCUT2D eigenvalue weighted by atomic mass is 16.7. The van der Waals surface area contributed by atoms with Gasteiger partial charge in [-0.15, -0.1) is 0 Å². The summed E-state index contributed by atoms with van der Waals surface area (Å²) in [6.45, 7) is 4.42. The van der Waals surface area contributed by atoms with Crippen molar-refractivity contribution < 1.29 is 57.4 Å². The van der Waals surface area contributed by atoms with Gasteiger partial charge in [-0.2, -0.15) is 0 Å². The van der Waals surface area contributed by atoms with Gasteiger partial charge in [0.15, 0.2) is 12.2 Å². The number of rotatable bonds is 17. The quantitative estimate of drug-likeness (QED) is 0.0294. The van der Waals surface area contributed by atoms with Crippen LogP contribution >= 0.6 is 0 Å². The van der Waals surface area contributed by atoms with E-state index in [1.807, 2.05) is 12.2 Å². The number of phenolic OH excluding ortho intramolecular Hbond substituents is 1. The van der Waals surface area contributed by atoms with Crippen LogP contribution in [-0.4, -0.2) is 79.8 Å². The van der Waals surface area contributed by atoms with Crippen LogP contribution in [0.5, 0.6) is 17.2 Å². The van der Waals surface area contributed by atoms with E-state index in [9.17, 15) is 24.3 Å². The number of benzene rings is 4. The maximum Gasteiger partial charge on any atom is 0.343 e. The first-order chi connectivity index (χ1) is 27.2. The summed E-state index contributed by atoms with van der Waals surface area (Å²) in [6.07, 6.45) is 5.83. The predicted molar refractivity (Wildman–Crippen MR) is 204 cm³/mol. The molecule has 12 heteroatoms. The number of fused-ring (bicyclic) bond motifs is 1. The lowest BCUT2D eigenvalue weighted by Gasteiger charge is -2.17. The Hall–Kier alpha value is -6.24. The number of ether oxygens (including phenoxy) is 7. The van der Waals surface area contributed by atoms with Crippen LogP contribution in [-0.2, 0) is 28.5 Å². The second-order valence-corrected chi connectivity index (χ2v) is 13.1. The number of aromatic hydroxyl groups is 1. The lowest BCUT2D eigenvalue weighted by atomic mass is 10.1. The first-order valence-electron chi connectivity index (χ1n) is 18.3. The summed E-state index contributed by atoms with van der Waals surface area (Å²) in [7, 11) is 0. The normalized spacial score (nSPS) is 18.5. The molecule has 2 aliphatic rings. The summed E-state index contributed by atoms with van der Waals surface area (Å²) in [6, 6.07) is 26.4. The Morgan fingerprint density at radius 1 is 0.607 bits per heavy atom. The maximum absolute atomic E-state index is 13.0. The van der Waals surface area contributed by atoms with Crippen molar-refractivity contribution in [3.05, 3.63) is 138 Å². The first-order valence-corrected chi connectivity index (χ1v) is 18.3. The minimum Gasteiger partial charge on any atom is -0.508 e. The number of hydrogen-bond donors (Lipinski definition) is 1.